The fourth-order valence-electron chi connectivity index (χ4n) is 3.21. The number of nitrogens with one attached hydrogen (secondary N) is 1. The Morgan fingerprint density at radius 3 is 2.70 bits per heavy atom. The van der Waals surface area contributed by atoms with Crippen molar-refractivity contribution in [3.63, 3.8) is 0 Å². The van der Waals surface area contributed by atoms with Crippen molar-refractivity contribution in [2.24, 2.45) is 5.92 Å². The molecule has 1 heterocycles. The van der Waals surface area contributed by atoms with Crippen LogP contribution in [0.3, 0.4) is 0 Å². The highest BCUT2D eigenvalue weighted by atomic mass is 16.5. The van der Waals surface area contributed by atoms with Gasteiger partial charge in [0.05, 0.1) is 12.7 Å². The van der Waals surface area contributed by atoms with Crippen molar-refractivity contribution in [1.29, 1.82) is 0 Å². The summed E-state index contributed by atoms with van der Waals surface area (Å²) in [6.07, 6.45) is 4.80. The van der Waals surface area contributed by atoms with Gasteiger partial charge in [0.15, 0.2) is 0 Å². The molecule has 5 heteroatoms. The van der Waals surface area contributed by atoms with E-state index < -0.39 is 5.54 Å². The SMILES string of the molecule is CCOC(=O)C(CN(C)CC1CCCO1)(NC)C1CC1. The van der Waals surface area contributed by atoms with Crippen LogP contribution in [-0.4, -0.2) is 62.9 Å². The van der Waals surface area contributed by atoms with Crippen molar-refractivity contribution in [2.75, 3.05) is 40.4 Å². The Morgan fingerprint density at radius 2 is 2.20 bits per heavy atom. The van der Waals surface area contributed by atoms with Crippen LogP contribution in [-0.2, 0) is 14.3 Å². The molecule has 2 unspecified atom stereocenters. The van der Waals surface area contributed by atoms with Crippen LogP contribution in [0, 0.1) is 5.92 Å². The Balaban J connectivity index is 1.97. The summed E-state index contributed by atoms with van der Waals surface area (Å²) in [6.45, 7) is 4.74. The molecule has 0 bridgehead atoms. The molecule has 0 radical (unpaired) electrons. The Kier molecular flexibility index (Phi) is 5.41. The van der Waals surface area contributed by atoms with Gasteiger partial charge in [-0.2, -0.15) is 0 Å². The van der Waals surface area contributed by atoms with E-state index >= 15 is 0 Å². The highest BCUT2D eigenvalue weighted by Gasteiger charge is 2.51. The lowest BCUT2D eigenvalue weighted by molar-refractivity contribution is -0.153. The summed E-state index contributed by atoms with van der Waals surface area (Å²) in [5.74, 6) is 0.294. The van der Waals surface area contributed by atoms with Crippen LogP contribution >= 0.6 is 0 Å². The van der Waals surface area contributed by atoms with E-state index in [0.29, 0.717) is 25.2 Å². The van der Waals surface area contributed by atoms with Crippen LogP contribution in [0.4, 0.5) is 0 Å². The van der Waals surface area contributed by atoms with Gasteiger partial charge >= 0.3 is 5.97 Å². The molecule has 0 aromatic carbocycles. The third kappa shape index (κ3) is 3.51. The molecule has 2 fully saturated rings. The molecule has 20 heavy (non-hydrogen) atoms. The quantitative estimate of drug-likeness (QED) is 0.675. The van der Waals surface area contributed by atoms with Crippen LogP contribution in [0.2, 0.25) is 0 Å². The molecule has 2 aliphatic rings. The lowest BCUT2D eigenvalue weighted by Crippen LogP contribution is -2.60. The summed E-state index contributed by atoms with van der Waals surface area (Å²) in [5, 5.41) is 3.26. The smallest absolute Gasteiger partial charge is 0.327 e. The van der Waals surface area contributed by atoms with E-state index in [1.54, 1.807) is 0 Å². The van der Waals surface area contributed by atoms with Gasteiger partial charge in [-0.15, -0.1) is 0 Å². The third-order valence-electron chi connectivity index (χ3n) is 4.42. The molecule has 116 valence electrons. The first-order chi connectivity index (χ1) is 9.62. The third-order valence-corrected chi connectivity index (χ3v) is 4.42. The fraction of sp³-hybridized carbons (Fsp3) is 0.933. The van der Waals surface area contributed by atoms with Gasteiger partial charge in [0.25, 0.3) is 0 Å². The van der Waals surface area contributed by atoms with E-state index in [1.807, 2.05) is 14.0 Å². The van der Waals surface area contributed by atoms with Gasteiger partial charge in [-0.1, -0.05) is 0 Å². The maximum Gasteiger partial charge on any atom is 0.327 e. The summed E-state index contributed by atoms with van der Waals surface area (Å²) in [5.41, 5.74) is -0.552. The summed E-state index contributed by atoms with van der Waals surface area (Å²) >= 11 is 0. The number of carbonyl (C=O) groups is 1. The van der Waals surface area contributed by atoms with Gasteiger partial charge in [-0.25, -0.2) is 4.79 Å². The number of carbonyl (C=O) groups excluding carboxylic acids is 1. The Hall–Kier alpha value is -0.650. The summed E-state index contributed by atoms with van der Waals surface area (Å²) in [4.78, 5) is 14.6. The number of hydrogen-bond acceptors (Lipinski definition) is 5. The molecule has 0 aromatic rings. The van der Waals surface area contributed by atoms with Gasteiger partial charge in [0, 0.05) is 19.7 Å². The number of nitrogens with zero attached hydrogens (tertiary/aromatic N) is 1. The van der Waals surface area contributed by atoms with Gasteiger partial charge in [0.1, 0.15) is 5.54 Å². The zero-order valence-electron chi connectivity index (χ0n) is 13.0. The fourth-order valence-corrected chi connectivity index (χ4v) is 3.21. The monoisotopic (exact) mass is 284 g/mol. The molecule has 2 rings (SSSR count). The van der Waals surface area contributed by atoms with Crippen molar-refractivity contribution in [1.82, 2.24) is 10.2 Å². The molecule has 0 spiro atoms. The minimum Gasteiger partial charge on any atom is -0.465 e. The van der Waals surface area contributed by atoms with Crippen molar-refractivity contribution in [3.8, 4) is 0 Å². The maximum absolute atomic E-state index is 12.4. The van der Waals surface area contributed by atoms with E-state index in [2.05, 4.69) is 17.3 Å². The van der Waals surface area contributed by atoms with Crippen molar-refractivity contribution < 1.29 is 14.3 Å². The van der Waals surface area contributed by atoms with E-state index in [-0.39, 0.29) is 5.97 Å². The van der Waals surface area contributed by atoms with E-state index in [9.17, 15) is 4.79 Å². The number of esters is 1. The van der Waals surface area contributed by atoms with E-state index in [4.69, 9.17) is 9.47 Å². The zero-order chi connectivity index (χ0) is 14.6. The molecule has 1 saturated heterocycles. The lowest BCUT2D eigenvalue weighted by Gasteiger charge is -2.35. The second-order valence-electron chi connectivity index (χ2n) is 6.05. The Bertz CT molecular complexity index is 327. The van der Waals surface area contributed by atoms with Crippen LogP contribution in [0.1, 0.15) is 32.6 Å². The molecule has 1 saturated carbocycles. The molecule has 1 aliphatic carbocycles. The van der Waals surface area contributed by atoms with Gasteiger partial charge in [0.2, 0.25) is 0 Å². The average molecular weight is 284 g/mol. The average Bonchev–Trinajstić information content (AvgIpc) is 3.16. The van der Waals surface area contributed by atoms with Crippen molar-refractivity contribution >= 4 is 5.97 Å². The minimum atomic E-state index is -0.552. The second kappa shape index (κ2) is 6.87. The molecular weight excluding hydrogens is 256 g/mol. The number of likely N-dealkylation sites (N-methyl/N-ethyl adjacent to an activating group) is 2. The Morgan fingerprint density at radius 1 is 1.45 bits per heavy atom. The van der Waals surface area contributed by atoms with Gasteiger partial charge < -0.3 is 19.7 Å². The number of ether oxygens (including phenoxy) is 2. The van der Waals surface area contributed by atoms with Crippen LogP contribution in [0.25, 0.3) is 0 Å². The molecule has 1 aliphatic heterocycles. The maximum atomic E-state index is 12.4. The predicted molar refractivity (Wildman–Crippen MR) is 77.6 cm³/mol. The summed E-state index contributed by atoms with van der Waals surface area (Å²) < 4.78 is 11.0. The first kappa shape index (κ1) is 15.7. The molecule has 2 atom stereocenters. The largest absolute Gasteiger partial charge is 0.465 e. The zero-order valence-corrected chi connectivity index (χ0v) is 13.0. The first-order valence-corrected chi connectivity index (χ1v) is 7.78. The predicted octanol–water partition coefficient (Wildman–Crippen LogP) is 1.03. The normalized spacial score (nSPS) is 25.7. The standard InChI is InChI=1S/C15H28N2O3/c1-4-19-14(18)15(16-2,12-7-8-12)11-17(3)10-13-6-5-9-20-13/h12-13,16H,4-11H2,1-3H3. The Labute approximate surface area is 122 Å². The van der Waals surface area contributed by atoms with Crippen LogP contribution in [0.15, 0.2) is 0 Å². The van der Waals surface area contributed by atoms with Gasteiger partial charge in [-0.05, 0) is 52.6 Å². The summed E-state index contributed by atoms with van der Waals surface area (Å²) in [6, 6.07) is 0. The topological polar surface area (TPSA) is 50.8 Å². The lowest BCUT2D eigenvalue weighted by atomic mass is 9.92. The number of hydrogen-bond donors (Lipinski definition) is 1. The summed E-state index contributed by atoms with van der Waals surface area (Å²) in [7, 11) is 3.94. The number of rotatable bonds is 8. The second-order valence-corrected chi connectivity index (χ2v) is 6.05. The first-order valence-electron chi connectivity index (χ1n) is 7.78. The van der Waals surface area contributed by atoms with Gasteiger partial charge in [-0.3, -0.25) is 0 Å². The highest BCUT2D eigenvalue weighted by molar-refractivity contribution is 5.82. The molecule has 5 nitrogen and oxygen atoms in total. The van der Waals surface area contributed by atoms with E-state index in [0.717, 1.165) is 38.8 Å². The van der Waals surface area contributed by atoms with Crippen LogP contribution < -0.4 is 5.32 Å². The highest BCUT2D eigenvalue weighted by Crippen LogP contribution is 2.40. The van der Waals surface area contributed by atoms with E-state index in [1.165, 1.54) is 0 Å². The molecular formula is C15H28N2O3. The molecule has 1 N–H and O–H groups in total. The van der Waals surface area contributed by atoms with Crippen LogP contribution in [0.5, 0.6) is 0 Å². The van der Waals surface area contributed by atoms with Crippen molar-refractivity contribution in [3.05, 3.63) is 0 Å². The molecule has 0 aromatic heterocycles. The van der Waals surface area contributed by atoms with Crippen molar-refractivity contribution in [2.45, 2.75) is 44.2 Å². The molecule has 0 amide bonds. The minimum absolute atomic E-state index is 0.107.